The number of hydrogen-bond donors (Lipinski definition) is 0. The van der Waals surface area contributed by atoms with Crippen molar-refractivity contribution in [1.82, 2.24) is 0 Å². The number of carbonyl (C=O) groups is 1. The molecule has 0 aromatic heterocycles. The monoisotopic (exact) mass is 340 g/mol. The van der Waals surface area contributed by atoms with Crippen molar-refractivity contribution in [1.29, 1.82) is 0 Å². The largest absolute Gasteiger partial charge is 0.461 e. The summed E-state index contributed by atoms with van der Waals surface area (Å²) in [5.41, 5.74) is 2.02. The van der Waals surface area contributed by atoms with Crippen molar-refractivity contribution < 1.29 is 14.5 Å². The number of benzene rings is 2. The van der Waals surface area contributed by atoms with Crippen LogP contribution in [0.1, 0.15) is 18.4 Å². The molecule has 0 bridgehead atoms. The van der Waals surface area contributed by atoms with Gasteiger partial charge in [0.15, 0.2) is 0 Å². The number of hydrogen-bond acceptors (Lipinski definition) is 5. The fraction of sp³-hybridized carbons (Fsp3) is 0.316. The van der Waals surface area contributed by atoms with Gasteiger partial charge in [0.2, 0.25) is 0 Å². The number of non-ortho nitro benzene ring substituents is 1. The molecule has 0 unspecified atom stereocenters. The van der Waals surface area contributed by atoms with E-state index in [9.17, 15) is 14.9 Å². The standard InChI is InChI=1S/C19H20N2O4/c22-19(25-14-15-4-2-1-3-5-15)16-10-12-20(13-11-16)17-6-8-18(9-7-17)21(23)24/h1-9,16H,10-14H2. The zero-order chi connectivity index (χ0) is 17.6. The molecule has 1 saturated heterocycles. The molecule has 0 atom stereocenters. The van der Waals surface area contributed by atoms with Gasteiger partial charge in [-0.25, -0.2) is 0 Å². The molecule has 1 fully saturated rings. The lowest BCUT2D eigenvalue weighted by atomic mass is 9.96. The summed E-state index contributed by atoms with van der Waals surface area (Å²) >= 11 is 0. The first kappa shape index (κ1) is 17.0. The molecular formula is C19H20N2O4. The second-order valence-corrected chi connectivity index (χ2v) is 6.13. The topological polar surface area (TPSA) is 72.7 Å². The normalized spacial score (nSPS) is 15.0. The Hall–Kier alpha value is -2.89. The molecule has 1 aliphatic rings. The van der Waals surface area contributed by atoms with Crippen LogP contribution in [0.5, 0.6) is 0 Å². The quantitative estimate of drug-likeness (QED) is 0.473. The Balaban J connectivity index is 1.49. The van der Waals surface area contributed by atoms with Gasteiger partial charge in [0.25, 0.3) is 5.69 Å². The van der Waals surface area contributed by atoms with Gasteiger partial charge >= 0.3 is 5.97 Å². The maximum absolute atomic E-state index is 12.2. The van der Waals surface area contributed by atoms with E-state index in [2.05, 4.69) is 4.90 Å². The van der Waals surface area contributed by atoms with E-state index in [1.165, 1.54) is 12.1 Å². The van der Waals surface area contributed by atoms with Gasteiger partial charge in [-0.3, -0.25) is 14.9 Å². The van der Waals surface area contributed by atoms with E-state index in [4.69, 9.17) is 4.74 Å². The van der Waals surface area contributed by atoms with Crippen LogP contribution in [0.4, 0.5) is 11.4 Å². The number of nitro benzene ring substituents is 1. The molecule has 0 amide bonds. The van der Waals surface area contributed by atoms with Gasteiger partial charge in [0.05, 0.1) is 10.8 Å². The highest BCUT2D eigenvalue weighted by Gasteiger charge is 2.26. The Morgan fingerprint density at radius 1 is 1.08 bits per heavy atom. The lowest BCUT2D eigenvalue weighted by Gasteiger charge is -2.32. The van der Waals surface area contributed by atoms with Crippen LogP contribution >= 0.6 is 0 Å². The number of nitro groups is 1. The highest BCUT2D eigenvalue weighted by molar-refractivity contribution is 5.73. The molecule has 6 nitrogen and oxygen atoms in total. The maximum Gasteiger partial charge on any atom is 0.309 e. The lowest BCUT2D eigenvalue weighted by molar-refractivity contribution is -0.384. The van der Waals surface area contributed by atoms with Crippen molar-refractivity contribution in [3.8, 4) is 0 Å². The Kier molecular flexibility index (Phi) is 5.28. The van der Waals surface area contributed by atoms with Crippen molar-refractivity contribution in [3.63, 3.8) is 0 Å². The summed E-state index contributed by atoms with van der Waals surface area (Å²) in [4.78, 5) is 24.7. The number of carbonyl (C=O) groups excluding carboxylic acids is 1. The molecule has 130 valence electrons. The van der Waals surface area contributed by atoms with Crippen molar-refractivity contribution in [2.24, 2.45) is 5.92 Å². The van der Waals surface area contributed by atoms with Crippen LogP contribution in [-0.2, 0) is 16.1 Å². The van der Waals surface area contributed by atoms with Crippen molar-refractivity contribution in [2.75, 3.05) is 18.0 Å². The van der Waals surface area contributed by atoms with E-state index in [0.29, 0.717) is 6.61 Å². The fourth-order valence-electron chi connectivity index (χ4n) is 3.01. The number of rotatable bonds is 5. The van der Waals surface area contributed by atoms with Gasteiger partial charge in [0.1, 0.15) is 6.61 Å². The smallest absolute Gasteiger partial charge is 0.309 e. The molecule has 1 aliphatic heterocycles. The Labute approximate surface area is 146 Å². The highest BCUT2D eigenvalue weighted by Crippen LogP contribution is 2.26. The zero-order valence-electron chi connectivity index (χ0n) is 13.8. The average molecular weight is 340 g/mol. The number of piperidine rings is 1. The molecule has 1 heterocycles. The van der Waals surface area contributed by atoms with E-state index < -0.39 is 4.92 Å². The van der Waals surface area contributed by atoms with Crippen LogP contribution in [-0.4, -0.2) is 24.0 Å². The van der Waals surface area contributed by atoms with Gasteiger partial charge in [-0.2, -0.15) is 0 Å². The molecule has 0 N–H and O–H groups in total. The molecule has 25 heavy (non-hydrogen) atoms. The Morgan fingerprint density at radius 3 is 2.32 bits per heavy atom. The van der Waals surface area contributed by atoms with Crippen LogP contribution in [0.2, 0.25) is 0 Å². The number of ether oxygens (including phenoxy) is 1. The van der Waals surface area contributed by atoms with E-state index in [1.54, 1.807) is 12.1 Å². The lowest BCUT2D eigenvalue weighted by Crippen LogP contribution is -2.36. The van der Waals surface area contributed by atoms with Crippen LogP contribution in [0.25, 0.3) is 0 Å². The molecule has 0 radical (unpaired) electrons. The van der Waals surface area contributed by atoms with Gasteiger partial charge < -0.3 is 9.64 Å². The number of esters is 1. The summed E-state index contributed by atoms with van der Waals surface area (Å²) < 4.78 is 5.42. The van der Waals surface area contributed by atoms with Crippen LogP contribution in [0.3, 0.4) is 0 Å². The van der Waals surface area contributed by atoms with E-state index in [-0.39, 0.29) is 17.6 Å². The van der Waals surface area contributed by atoms with E-state index in [1.807, 2.05) is 30.3 Å². The van der Waals surface area contributed by atoms with Gasteiger partial charge in [-0.05, 0) is 30.5 Å². The van der Waals surface area contributed by atoms with Crippen LogP contribution in [0, 0.1) is 16.0 Å². The van der Waals surface area contributed by atoms with Crippen LogP contribution in [0.15, 0.2) is 54.6 Å². The molecule has 0 spiro atoms. The molecule has 3 rings (SSSR count). The van der Waals surface area contributed by atoms with Crippen molar-refractivity contribution in [2.45, 2.75) is 19.4 Å². The Bertz CT molecular complexity index is 723. The molecule has 2 aromatic rings. The predicted molar refractivity (Wildman–Crippen MR) is 94.3 cm³/mol. The summed E-state index contributed by atoms with van der Waals surface area (Å²) in [6.45, 7) is 1.79. The fourth-order valence-corrected chi connectivity index (χ4v) is 3.01. The summed E-state index contributed by atoms with van der Waals surface area (Å²) in [7, 11) is 0. The predicted octanol–water partition coefficient (Wildman–Crippen LogP) is 3.55. The molecule has 2 aromatic carbocycles. The number of anilines is 1. The zero-order valence-corrected chi connectivity index (χ0v) is 13.8. The summed E-state index contributed by atoms with van der Waals surface area (Å²) in [5, 5.41) is 10.7. The summed E-state index contributed by atoms with van der Waals surface area (Å²) in [6.07, 6.45) is 1.45. The van der Waals surface area contributed by atoms with Crippen LogP contribution < -0.4 is 4.90 Å². The number of nitrogens with zero attached hydrogens (tertiary/aromatic N) is 2. The van der Waals surface area contributed by atoms with Gasteiger partial charge in [-0.15, -0.1) is 0 Å². The minimum Gasteiger partial charge on any atom is -0.461 e. The van der Waals surface area contributed by atoms with Crippen molar-refractivity contribution >= 4 is 17.3 Å². The first-order valence-corrected chi connectivity index (χ1v) is 8.33. The van der Waals surface area contributed by atoms with E-state index in [0.717, 1.165) is 37.2 Å². The maximum atomic E-state index is 12.2. The summed E-state index contributed by atoms with van der Waals surface area (Å²) in [5.74, 6) is -0.231. The highest BCUT2D eigenvalue weighted by atomic mass is 16.6. The van der Waals surface area contributed by atoms with Crippen molar-refractivity contribution in [3.05, 3.63) is 70.3 Å². The second-order valence-electron chi connectivity index (χ2n) is 6.13. The minimum absolute atomic E-state index is 0.0852. The third-order valence-electron chi connectivity index (χ3n) is 4.48. The first-order valence-electron chi connectivity index (χ1n) is 8.33. The van der Waals surface area contributed by atoms with E-state index >= 15 is 0 Å². The average Bonchev–Trinajstić information content (AvgIpc) is 2.67. The molecular weight excluding hydrogens is 320 g/mol. The SMILES string of the molecule is O=C(OCc1ccccc1)C1CCN(c2ccc([N+](=O)[O-])cc2)CC1. The first-order chi connectivity index (χ1) is 12.1. The van der Waals surface area contributed by atoms with Gasteiger partial charge in [0, 0.05) is 30.9 Å². The third-order valence-corrected chi connectivity index (χ3v) is 4.48. The molecule has 6 heteroatoms. The third kappa shape index (κ3) is 4.35. The summed E-state index contributed by atoms with van der Waals surface area (Å²) in [6, 6.07) is 16.2. The molecule has 0 saturated carbocycles. The van der Waals surface area contributed by atoms with Gasteiger partial charge in [-0.1, -0.05) is 30.3 Å². The second kappa shape index (κ2) is 7.79. The molecule has 0 aliphatic carbocycles. The Morgan fingerprint density at radius 2 is 1.72 bits per heavy atom. The minimum atomic E-state index is -0.404.